The first-order chi connectivity index (χ1) is 6.74. The molecule has 1 aliphatic rings. The highest BCUT2D eigenvalue weighted by atomic mass is 32.2. The van der Waals surface area contributed by atoms with Crippen LogP contribution in [0.2, 0.25) is 0 Å². The molecule has 0 radical (unpaired) electrons. The number of nitrogens with one attached hydrogen (secondary N) is 1. The summed E-state index contributed by atoms with van der Waals surface area (Å²) in [4.78, 5) is 8.73. The van der Waals surface area contributed by atoms with Gasteiger partial charge in [-0.25, -0.2) is 4.98 Å². The average Bonchev–Trinajstić information content (AvgIpc) is 2.51. The maximum atomic E-state index is 4.37. The van der Waals surface area contributed by atoms with E-state index in [4.69, 9.17) is 0 Å². The standard InChI is InChI=1S/C10H13N3S/c1-7-4-3-5-9(12-7)13-10-11-6-8(2)14-10/h3-5,8H,6H2,1-2H3,(H,11,12,13)/t8-/m0/s1. The summed E-state index contributed by atoms with van der Waals surface area (Å²) in [6.45, 7) is 5.06. The predicted molar refractivity (Wildman–Crippen MR) is 62.0 cm³/mol. The summed E-state index contributed by atoms with van der Waals surface area (Å²) < 4.78 is 0. The normalized spacial score (nSPS) is 20.7. The molecular formula is C10H13N3S. The minimum absolute atomic E-state index is 0.585. The van der Waals surface area contributed by atoms with E-state index in [1.165, 1.54) is 0 Å². The van der Waals surface area contributed by atoms with Gasteiger partial charge in [-0.3, -0.25) is 4.99 Å². The molecule has 14 heavy (non-hydrogen) atoms. The molecule has 4 heteroatoms. The summed E-state index contributed by atoms with van der Waals surface area (Å²) >= 11 is 1.77. The first-order valence-corrected chi connectivity index (χ1v) is 5.54. The van der Waals surface area contributed by atoms with E-state index in [1.54, 1.807) is 11.8 Å². The third-order valence-corrected chi connectivity index (χ3v) is 2.93. The van der Waals surface area contributed by atoms with Crippen molar-refractivity contribution in [2.75, 3.05) is 11.9 Å². The van der Waals surface area contributed by atoms with Gasteiger partial charge in [0.2, 0.25) is 0 Å². The molecule has 0 saturated carbocycles. The van der Waals surface area contributed by atoms with Gasteiger partial charge < -0.3 is 5.32 Å². The first kappa shape index (κ1) is 9.52. The number of amidine groups is 1. The Morgan fingerprint density at radius 2 is 2.36 bits per heavy atom. The zero-order chi connectivity index (χ0) is 9.97. The third-order valence-electron chi connectivity index (χ3n) is 1.93. The Hall–Kier alpha value is -1.03. The molecule has 0 aliphatic carbocycles. The Kier molecular flexibility index (Phi) is 2.72. The second kappa shape index (κ2) is 4.00. The molecule has 1 atom stereocenters. The van der Waals surface area contributed by atoms with Crippen LogP contribution in [-0.2, 0) is 0 Å². The zero-order valence-electron chi connectivity index (χ0n) is 8.32. The number of aromatic nitrogens is 1. The molecule has 0 spiro atoms. The minimum atomic E-state index is 0.585. The van der Waals surface area contributed by atoms with Gasteiger partial charge >= 0.3 is 0 Å². The van der Waals surface area contributed by atoms with Gasteiger partial charge in [-0.05, 0) is 19.1 Å². The van der Waals surface area contributed by atoms with Crippen molar-refractivity contribution in [1.82, 2.24) is 4.98 Å². The molecule has 1 aromatic heterocycles. The monoisotopic (exact) mass is 207 g/mol. The topological polar surface area (TPSA) is 37.3 Å². The summed E-state index contributed by atoms with van der Waals surface area (Å²) in [7, 11) is 0. The quantitative estimate of drug-likeness (QED) is 0.767. The number of aryl methyl sites for hydroxylation is 1. The van der Waals surface area contributed by atoms with Crippen LogP contribution >= 0.6 is 11.8 Å². The Morgan fingerprint density at radius 1 is 1.50 bits per heavy atom. The van der Waals surface area contributed by atoms with Crippen LogP contribution in [0.1, 0.15) is 12.6 Å². The molecule has 0 bridgehead atoms. The van der Waals surface area contributed by atoms with Gasteiger partial charge in [-0.15, -0.1) is 0 Å². The van der Waals surface area contributed by atoms with Crippen molar-refractivity contribution in [3.8, 4) is 0 Å². The summed E-state index contributed by atoms with van der Waals surface area (Å²) in [5, 5.41) is 4.78. The van der Waals surface area contributed by atoms with Crippen LogP contribution < -0.4 is 5.32 Å². The molecule has 0 amide bonds. The first-order valence-electron chi connectivity index (χ1n) is 4.66. The number of hydrogen-bond acceptors (Lipinski definition) is 4. The number of anilines is 1. The Balaban J connectivity index is 2.04. The number of hydrogen-bond donors (Lipinski definition) is 1. The van der Waals surface area contributed by atoms with Gasteiger partial charge in [0.15, 0.2) is 5.17 Å². The van der Waals surface area contributed by atoms with Gasteiger partial charge in [0.05, 0.1) is 6.54 Å². The number of aliphatic imine (C=N–C) groups is 1. The Morgan fingerprint density at radius 3 is 3.00 bits per heavy atom. The van der Waals surface area contributed by atoms with E-state index in [-0.39, 0.29) is 0 Å². The van der Waals surface area contributed by atoms with E-state index in [0.717, 1.165) is 23.2 Å². The van der Waals surface area contributed by atoms with Crippen molar-refractivity contribution < 1.29 is 0 Å². The van der Waals surface area contributed by atoms with E-state index in [0.29, 0.717) is 5.25 Å². The SMILES string of the molecule is Cc1cccc(NC2=NC[C@H](C)S2)n1. The highest BCUT2D eigenvalue weighted by Gasteiger charge is 2.14. The van der Waals surface area contributed by atoms with Crippen LogP contribution in [0.15, 0.2) is 23.2 Å². The van der Waals surface area contributed by atoms with Gasteiger partial charge in [0, 0.05) is 10.9 Å². The summed E-state index contributed by atoms with van der Waals surface area (Å²) in [5.41, 5.74) is 1.02. The molecule has 0 saturated heterocycles. The average molecular weight is 207 g/mol. The smallest absolute Gasteiger partial charge is 0.162 e. The molecule has 0 aromatic carbocycles. The fourth-order valence-corrected chi connectivity index (χ4v) is 2.11. The largest absolute Gasteiger partial charge is 0.320 e. The van der Waals surface area contributed by atoms with Gasteiger partial charge in [-0.2, -0.15) is 0 Å². The minimum Gasteiger partial charge on any atom is -0.320 e. The molecule has 1 aliphatic heterocycles. The van der Waals surface area contributed by atoms with Crippen LogP contribution in [0.4, 0.5) is 5.82 Å². The second-order valence-corrected chi connectivity index (χ2v) is 4.79. The van der Waals surface area contributed by atoms with E-state index < -0.39 is 0 Å². The molecular weight excluding hydrogens is 194 g/mol. The number of pyridine rings is 1. The molecule has 0 fully saturated rings. The molecule has 0 unspecified atom stereocenters. The maximum Gasteiger partial charge on any atom is 0.162 e. The number of thioether (sulfide) groups is 1. The zero-order valence-corrected chi connectivity index (χ0v) is 9.14. The summed E-state index contributed by atoms with van der Waals surface area (Å²) in [5.74, 6) is 0.880. The van der Waals surface area contributed by atoms with E-state index in [1.807, 2.05) is 25.1 Å². The maximum absolute atomic E-state index is 4.37. The lowest BCUT2D eigenvalue weighted by atomic mass is 10.4. The van der Waals surface area contributed by atoms with E-state index >= 15 is 0 Å². The molecule has 74 valence electrons. The van der Waals surface area contributed by atoms with Crippen LogP contribution in [0.3, 0.4) is 0 Å². The van der Waals surface area contributed by atoms with Crippen molar-refractivity contribution in [3.05, 3.63) is 23.9 Å². The lowest BCUT2D eigenvalue weighted by molar-refractivity contribution is 0.976. The van der Waals surface area contributed by atoms with Crippen LogP contribution in [0.25, 0.3) is 0 Å². The highest BCUT2D eigenvalue weighted by Crippen LogP contribution is 2.21. The van der Waals surface area contributed by atoms with Crippen molar-refractivity contribution in [2.45, 2.75) is 19.1 Å². The summed E-state index contributed by atoms with van der Waals surface area (Å²) in [6, 6.07) is 5.94. The lowest BCUT2D eigenvalue weighted by Crippen LogP contribution is -2.07. The fourth-order valence-electron chi connectivity index (χ4n) is 1.27. The highest BCUT2D eigenvalue weighted by molar-refractivity contribution is 8.15. The van der Waals surface area contributed by atoms with Crippen molar-refractivity contribution in [3.63, 3.8) is 0 Å². The van der Waals surface area contributed by atoms with Gasteiger partial charge in [0.25, 0.3) is 0 Å². The molecule has 3 nitrogen and oxygen atoms in total. The summed E-state index contributed by atoms with van der Waals surface area (Å²) in [6.07, 6.45) is 0. The van der Waals surface area contributed by atoms with Crippen molar-refractivity contribution >= 4 is 22.7 Å². The van der Waals surface area contributed by atoms with Crippen molar-refractivity contribution in [1.29, 1.82) is 0 Å². The molecule has 1 N–H and O–H groups in total. The van der Waals surface area contributed by atoms with Crippen LogP contribution in [0, 0.1) is 6.92 Å². The van der Waals surface area contributed by atoms with E-state index in [2.05, 4.69) is 22.2 Å². The third kappa shape index (κ3) is 2.26. The molecule has 2 heterocycles. The van der Waals surface area contributed by atoms with Gasteiger partial charge in [-0.1, -0.05) is 24.8 Å². The van der Waals surface area contributed by atoms with Crippen LogP contribution in [0.5, 0.6) is 0 Å². The molecule has 2 rings (SSSR count). The predicted octanol–water partition coefficient (Wildman–Crippen LogP) is 2.29. The number of nitrogens with zero attached hydrogens (tertiary/aromatic N) is 2. The fraction of sp³-hybridized carbons (Fsp3) is 0.400. The van der Waals surface area contributed by atoms with Crippen LogP contribution in [-0.4, -0.2) is 21.9 Å². The second-order valence-electron chi connectivity index (χ2n) is 3.36. The Bertz CT molecular complexity index is 362. The van der Waals surface area contributed by atoms with Gasteiger partial charge in [0.1, 0.15) is 5.82 Å². The number of rotatable bonds is 1. The van der Waals surface area contributed by atoms with E-state index in [9.17, 15) is 0 Å². The Labute approximate surface area is 88.0 Å². The van der Waals surface area contributed by atoms with Crippen molar-refractivity contribution in [2.24, 2.45) is 4.99 Å². The lowest BCUT2D eigenvalue weighted by Gasteiger charge is -2.05. The molecule has 1 aromatic rings.